The zero-order valence-corrected chi connectivity index (χ0v) is 10.1. The predicted octanol–water partition coefficient (Wildman–Crippen LogP) is 2.49. The molecular formula is C10H7F2N3O3S. The number of benzene rings is 1. The van der Waals surface area contributed by atoms with Gasteiger partial charge in [0.25, 0.3) is 0 Å². The lowest BCUT2D eigenvalue weighted by atomic mass is 10.3. The number of hydrogen-bond acceptors (Lipinski definition) is 6. The molecular weight excluding hydrogens is 280 g/mol. The molecule has 1 aromatic heterocycles. The van der Waals surface area contributed by atoms with Gasteiger partial charge in [-0.25, -0.2) is 9.37 Å². The molecule has 100 valence electrons. The number of ether oxygens (including phenoxy) is 1. The summed E-state index contributed by atoms with van der Waals surface area (Å²) in [5.74, 6) is -2.58. The van der Waals surface area contributed by atoms with Gasteiger partial charge in [-0.3, -0.25) is 10.1 Å². The van der Waals surface area contributed by atoms with Crippen LogP contribution in [0.2, 0.25) is 0 Å². The standard InChI is InChI=1S/C10H7F2N3O3S/c11-6-2-9(7(12)1-8(6)15(16)17)18-4-5-3-14-10(13)19-5/h1-3H,4H2,(H2,13,14). The van der Waals surface area contributed by atoms with Crippen LogP contribution in [0.1, 0.15) is 4.88 Å². The van der Waals surface area contributed by atoms with Gasteiger partial charge in [0.05, 0.1) is 15.9 Å². The molecule has 2 rings (SSSR count). The van der Waals surface area contributed by atoms with Gasteiger partial charge >= 0.3 is 5.69 Å². The van der Waals surface area contributed by atoms with Crippen LogP contribution in [0.5, 0.6) is 5.75 Å². The Labute approximate surface area is 109 Å². The molecule has 6 nitrogen and oxygen atoms in total. The van der Waals surface area contributed by atoms with Gasteiger partial charge < -0.3 is 10.5 Å². The normalized spacial score (nSPS) is 10.4. The van der Waals surface area contributed by atoms with Crippen molar-refractivity contribution in [2.75, 3.05) is 5.73 Å². The number of thiazole rings is 1. The third kappa shape index (κ3) is 2.94. The SMILES string of the molecule is Nc1ncc(COc2cc(F)c([N+](=O)[O-])cc2F)s1. The molecule has 19 heavy (non-hydrogen) atoms. The van der Waals surface area contributed by atoms with E-state index in [1.807, 2.05) is 0 Å². The van der Waals surface area contributed by atoms with Crippen LogP contribution in [0, 0.1) is 21.7 Å². The highest BCUT2D eigenvalue weighted by Gasteiger charge is 2.19. The fourth-order valence-electron chi connectivity index (χ4n) is 1.31. The minimum atomic E-state index is -1.16. The monoisotopic (exact) mass is 287 g/mol. The van der Waals surface area contributed by atoms with Gasteiger partial charge in [0, 0.05) is 12.3 Å². The summed E-state index contributed by atoms with van der Waals surface area (Å²) in [4.78, 5) is 13.8. The van der Waals surface area contributed by atoms with Crippen LogP contribution >= 0.6 is 11.3 Å². The average Bonchev–Trinajstić information content (AvgIpc) is 2.75. The van der Waals surface area contributed by atoms with Crippen molar-refractivity contribution in [3.63, 3.8) is 0 Å². The fraction of sp³-hybridized carbons (Fsp3) is 0.100. The number of nitro groups is 1. The highest BCUT2D eigenvalue weighted by Crippen LogP contribution is 2.27. The lowest BCUT2D eigenvalue weighted by Crippen LogP contribution is -1.99. The number of aromatic nitrogens is 1. The molecule has 9 heteroatoms. The van der Waals surface area contributed by atoms with Gasteiger partial charge in [0.15, 0.2) is 16.7 Å². The van der Waals surface area contributed by atoms with Crippen LogP contribution in [0.25, 0.3) is 0 Å². The Morgan fingerprint density at radius 1 is 1.42 bits per heavy atom. The minimum absolute atomic E-state index is 0.0525. The van der Waals surface area contributed by atoms with E-state index in [1.54, 1.807) is 0 Å². The Balaban J connectivity index is 2.17. The largest absolute Gasteiger partial charge is 0.485 e. The number of nitrogen functional groups attached to an aromatic ring is 1. The summed E-state index contributed by atoms with van der Waals surface area (Å²) < 4.78 is 31.8. The molecule has 2 aromatic rings. The Bertz CT molecular complexity index is 632. The van der Waals surface area contributed by atoms with Crippen molar-refractivity contribution in [3.05, 3.63) is 45.0 Å². The summed E-state index contributed by atoms with van der Waals surface area (Å²) in [6.07, 6.45) is 1.44. The molecule has 0 amide bonds. The van der Waals surface area contributed by atoms with Crippen molar-refractivity contribution in [1.82, 2.24) is 4.98 Å². The maximum absolute atomic E-state index is 13.5. The molecule has 0 bridgehead atoms. The molecule has 0 aliphatic carbocycles. The first-order valence-corrected chi connectivity index (χ1v) is 5.75. The van der Waals surface area contributed by atoms with E-state index in [4.69, 9.17) is 10.5 Å². The maximum Gasteiger partial charge on any atom is 0.307 e. The molecule has 1 aromatic carbocycles. The Morgan fingerprint density at radius 3 is 2.74 bits per heavy atom. The predicted molar refractivity (Wildman–Crippen MR) is 63.9 cm³/mol. The van der Waals surface area contributed by atoms with E-state index in [2.05, 4.69) is 4.98 Å². The lowest BCUT2D eigenvalue weighted by Gasteiger charge is -2.05. The number of anilines is 1. The van der Waals surface area contributed by atoms with E-state index in [9.17, 15) is 18.9 Å². The summed E-state index contributed by atoms with van der Waals surface area (Å²) in [6, 6.07) is 1.11. The van der Waals surface area contributed by atoms with Gasteiger partial charge in [-0.2, -0.15) is 4.39 Å². The first kappa shape index (κ1) is 13.1. The number of nitrogens with two attached hydrogens (primary N) is 1. The zero-order valence-electron chi connectivity index (χ0n) is 9.30. The van der Waals surface area contributed by atoms with Crippen LogP contribution < -0.4 is 10.5 Å². The minimum Gasteiger partial charge on any atom is -0.485 e. The molecule has 0 unspecified atom stereocenters. The van der Waals surface area contributed by atoms with E-state index < -0.39 is 28.0 Å². The van der Waals surface area contributed by atoms with Gasteiger partial charge in [-0.05, 0) is 0 Å². The maximum atomic E-state index is 13.5. The van der Waals surface area contributed by atoms with Crippen molar-refractivity contribution in [1.29, 1.82) is 0 Å². The second kappa shape index (κ2) is 5.14. The van der Waals surface area contributed by atoms with E-state index >= 15 is 0 Å². The second-order valence-corrected chi connectivity index (χ2v) is 4.59. The van der Waals surface area contributed by atoms with Crippen LogP contribution in [-0.4, -0.2) is 9.91 Å². The third-order valence-electron chi connectivity index (χ3n) is 2.14. The van der Waals surface area contributed by atoms with Crippen molar-refractivity contribution in [2.45, 2.75) is 6.61 Å². The van der Waals surface area contributed by atoms with Crippen LogP contribution in [-0.2, 0) is 6.61 Å². The molecule has 2 N–H and O–H groups in total. The highest BCUT2D eigenvalue weighted by molar-refractivity contribution is 7.15. The lowest BCUT2D eigenvalue weighted by molar-refractivity contribution is -0.387. The Kier molecular flexibility index (Phi) is 3.56. The van der Waals surface area contributed by atoms with Crippen molar-refractivity contribution >= 4 is 22.2 Å². The molecule has 0 saturated heterocycles. The molecule has 0 radical (unpaired) electrons. The van der Waals surface area contributed by atoms with Gasteiger partial charge in [0.1, 0.15) is 6.61 Å². The summed E-state index contributed by atoms with van der Waals surface area (Å²) in [5, 5.41) is 10.7. The summed E-state index contributed by atoms with van der Waals surface area (Å²) in [5.41, 5.74) is 4.46. The van der Waals surface area contributed by atoms with Crippen molar-refractivity contribution in [3.8, 4) is 5.75 Å². The van der Waals surface area contributed by atoms with E-state index in [0.29, 0.717) is 22.1 Å². The quantitative estimate of drug-likeness (QED) is 0.689. The summed E-state index contributed by atoms with van der Waals surface area (Å²) in [7, 11) is 0. The zero-order chi connectivity index (χ0) is 14.0. The van der Waals surface area contributed by atoms with Crippen molar-refractivity contribution < 1.29 is 18.4 Å². The molecule has 1 heterocycles. The number of nitrogens with zero attached hydrogens (tertiary/aromatic N) is 2. The second-order valence-electron chi connectivity index (χ2n) is 3.44. The number of rotatable bonds is 4. The van der Waals surface area contributed by atoms with Crippen LogP contribution in [0.15, 0.2) is 18.3 Å². The molecule has 0 aliphatic heterocycles. The summed E-state index contributed by atoms with van der Waals surface area (Å²) >= 11 is 1.14. The molecule has 0 spiro atoms. The van der Waals surface area contributed by atoms with Gasteiger partial charge in [-0.1, -0.05) is 11.3 Å². The number of hydrogen-bond donors (Lipinski definition) is 1. The topological polar surface area (TPSA) is 91.3 Å². The third-order valence-corrected chi connectivity index (χ3v) is 2.94. The van der Waals surface area contributed by atoms with Crippen molar-refractivity contribution in [2.24, 2.45) is 0 Å². The van der Waals surface area contributed by atoms with Crippen LogP contribution in [0.4, 0.5) is 19.6 Å². The molecule has 0 atom stereocenters. The average molecular weight is 287 g/mol. The van der Waals surface area contributed by atoms with Gasteiger partial charge in [0.2, 0.25) is 5.82 Å². The fourth-order valence-corrected chi connectivity index (χ4v) is 1.90. The highest BCUT2D eigenvalue weighted by atomic mass is 32.1. The number of nitro benzene ring substituents is 1. The van der Waals surface area contributed by atoms with Crippen LogP contribution in [0.3, 0.4) is 0 Å². The molecule has 0 fully saturated rings. The van der Waals surface area contributed by atoms with E-state index in [-0.39, 0.29) is 6.61 Å². The Morgan fingerprint density at radius 2 is 2.16 bits per heavy atom. The molecule has 0 saturated carbocycles. The first-order valence-electron chi connectivity index (χ1n) is 4.94. The first-order chi connectivity index (χ1) is 8.97. The smallest absolute Gasteiger partial charge is 0.307 e. The number of halogens is 2. The summed E-state index contributed by atoms with van der Waals surface area (Å²) in [6.45, 7) is -0.0525. The van der Waals surface area contributed by atoms with Gasteiger partial charge in [-0.15, -0.1) is 0 Å². The Hall–Kier alpha value is -2.29. The van der Waals surface area contributed by atoms with E-state index in [1.165, 1.54) is 6.20 Å². The molecule has 0 aliphatic rings. The van der Waals surface area contributed by atoms with E-state index in [0.717, 1.165) is 11.3 Å².